The van der Waals surface area contributed by atoms with Gasteiger partial charge in [-0.15, -0.1) is 6.42 Å². The Bertz CT molecular complexity index is 242. The molecule has 1 fully saturated rings. The van der Waals surface area contributed by atoms with Crippen molar-refractivity contribution in [1.82, 2.24) is 0 Å². The molecule has 1 saturated heterocycles. The van der Waals surface area contributed by atoms with E-state index in [1.807, 2.05) is 0 Å². The van der Waals surface area contributed by atoms with Gasteiger partial charge in [0.1, 0.15) is 6.54 Å². The monoisotopic (exact) mass is 181 g/mol. The zero-order chi connectivity index (χ0) is 9.84. The molecule has 3 atom stereocenters. The average Bonchev–Trinajstić information content (AvgIpc) is 2.11. The number of hydrogen-bond donors (Lipinski definition) is 2. The summed E-state index contributed by atoms with van der Waals surface area (Å²) in [4.78, 5) is 1.42. The fraction of sp³-hybridized carbons (Fsp3) is 0.700. The molecular weight excluding hydrogens is 164 g/mol. The predicted octanol–water partition coefficient (Wildman–Crippen LogP) is -0.237. The number of piperidine rings is 1. The Hall–Kier alpha value is -1.01. The van der Waals surface area contributed by atoms with E-state index in [0.29, 0.717) is 12.0 Å². The van der Waals surface area contributed by atoms with E-state index in [0.717, 1.165) is 25.2 Å². The second-order valence-electron chi connectivity index (χ2n) is 3.84. The van der Waals surface area contributed by atoms with Crippen LogP contribution in [0.3, 0.4) is 0 Å². The van der Waals surface area contributed by atoms with Gasteiger partial charge in [-0.1, -0.05) is 12.1 Å². The van der Waals surface area contributed by atoms with Gasteiger partial charge >= 0.3 is 0 Å². The van der Waals surface area contributed by atoms with Crippen molar-refractivity contribution in [3.05, 3.63) is 0 Å². The molecule has 0 aliphatic carbocycles. The number of oxime groups is 1. The van der Waals surface area contributed by atoms with Crippen LogP contribution < -0.4 is 4.90 Å². The van der Waals surface area contributed by atoms with Crippen molar-refractivity contribution in [3.63, 3.8) is 0 Å². The van der Waals surface area contributed by atoms with Crippen molar-refractivity contribution in [1.29, 1.82) is 0 Å². The Labute approximate surface area is 79.4 Å². The van der Waals surface area contributed by atoms with Crippen molar-refractivity contribution >= 4 is 5.71 Å². The molecule has 0 aromatic rings. The van der Waals surface area contributed by atoms with Gasteiger partial charge in [0, 0.05) is 12.3 Å². The fourth-order valence-electron chi connectivity index (χ4n) is 1.89. The highest BCUT2D eigenvalue weighted by Gasteiger charge is 2.30. The maximum atomic E-state index is 8.73. The van der Waals surface area contributed by atoms with E-state index < -0.39 is 0 Å². The summed E-state index contributed by atoms with van der Waals surface area (Å²) in [7, 11) is 0. The van der Waals surface area contributed by atoms with Crippen LogP contribution in [0.2, 0.25) is 0 Å². The number of terminal acetylenes is 1. The molecule has 0 amide bonds. The summed E-state index contributed by atoms with van der Waals surface area (Å²) in [6, 6.07) is 0.471. The maximum Gasteiger partial charge on any atom is 0.139 e. The molecule has 2 N–H and O–H groups in total. The third-order valence-electron chi connectivity index (χ3n) is 2.81. The van der Waals surface area contributed by atoms with Crippen LogP contribution in [0.1, 0.15) is 20.3 Å². The van der Waals surface area contributed by atoms with E-state index in [9.17, 15) is 0 Å². The first-order valence-electron chi connectivity index (χ1n) is 4.68. The summed E-state index contributed by atoms with van der Waals surface area (Å²) < 4.78 is 0. The molecule has 1 aliphatic heterocycles. The van der Waals surface area contributed by atoms with Crippen LogP contribution in [-0.2, 0) is 0 Å². The summed E-state index contributed by atoms with van der Waals surface area (Å²) in [6.45, 7) is 5.97. The van der Waals surface area contributed by atoms with Gasteiger partial charge in [-0.05, 0) is 12.8 Å². The van der Waals surface area contributed by atoms with Gasteiger partial charge in [0.05, 0.1) is 18.3 Å². The topological polar surface area (TPSA) is 37.0 Å². The molecular formula is C10H17N2O+. The molecule has 13 heavy (non-hydrogen) atoms. The normalized spacial score (nSPS) is 37.3. The molecule has 3 nitrogen and oxygen atoms in total. The van der Waals surface area contributed by atoms with Crippen LogP contribution in [-0.4, -0.2) is 30.1 Å². The third-order valence-corrected chi connectivity index (χ3v) is 2.81. The standard InChI is InChI=1S/C10H16N2O/c1-4-5-12-7-8(2)10(11-13)6-9(12)3/h1,8-9,13H,5-7H2,2-3H3/p+1/b11-10-/t8-,9+/m1/s1. The van der Waals surface area contributed by atoms with Crippen LogP contribution >= 0.6 is 0 Å². The van der Waals surface area contributed by atoms with E-state index in [4.69, 9.17) is 11.6 Å². The minimum atomic E-state index is 0.351. The van der Waals surface area contributed by atoms with Crippen LogP contribution in [0.4, 0.5) is 0 Å². The van der Waals surface area contributed by atoms with Gasteiger partial charge in [-0.25, -0.2) is 0 Å². The molecule has 0 saturated carbocycles. The number of nitrogens with one attached hydrogen (secondary N) is 1. The van der Waals surface area contributed by atoms with Crippen molar-refractivity contribution in [2.45, 2.75) is 26.3 Å². The molecule has 0 bridgehead atoms. The molecule has 1 aliphatic rings. The quantitative estimate of drug-likeness (QED) is 0.327. The van der Waals surface area contributed by atoms with Gasteiger partial charge in [0.2, 0.25) is 0 Å². The molecule has 72 valence electrons. The van der Waals surface area contributed by atoms with E-state index >= 15 is 0 Å². The number of nitrogens with zero attached hydrogens (tertiary/aromatic N) is 1. The zero-order valence-electron chi connectivity index (χ0n) is 8.25. The lowest BCUT2D eigenvalue weighted by Gasteiger charge is -2.32. The van der Waals surface area contributed by atoms with Crippen LogP contribution in [0.25, 0.3) is 0 Å². The first-order valence-corrected chi connectivity index (χ1v) is 4.68. The lowest BCUT2D eigenvalue weighted by molar-refractivity contribution is -0.920. The second kappa shape index (κ2) is 4.29. The molecule has 1 rings (SSSR count). The van der Waals surface area contributed by atoms with Crippen LogP contribution in [0, 0.1) is 18.3 Å². The number of rotatable bonds is 1. The van der Waals surface area contributed by atoms with E-state index in [-0.39, 0.29) is 0 Å². The Balaban J connectivity index is 2.62. The fourth-order valence-corrected chi connectivity index (χ4v) is 1.89. The average molecular weight is 181 g/mol. The number of hydrogen-bond acceptors (Lipinski definition) is 2. The van der Waals surface area contributed by atoms with Crippen molar-refractivity contribution in [3.8, 4) is 12.3 Å². The first-order chi connectivity index (χ1) is 6.19. The van der Waals surface area contributed by atoms with Gasteiger partial charge in [0.25, 0.3) is 0 Å². The van der Waals surface area contributed by atoms with Crippen molar-refractivity contribution in [2.24, 2.45) is 11.1 Å². The molecule has 1 heterocycles. The highest BCUT2D eigenvalue weighted by Crippen LogP contribution is 2.07. The first kappa shape index (κ1) is 10.1. The summed E-state index contributed by atoms with van der Waals surface area (Å²) >= 11 is 0. The van der Waals surface area contributed by atoms with Crippen molar-refractivity contribution in [2.75, 3.05) is 13.1 Å². The van der Waals surface area contributed by atoms with Crippen LogP contribution in [0.15, 0.2) is 5.16 Å². The van der Waals surface area contributed by atoms with Crippen molar-refractivity contribution < 1.29 is 10.1 Å². The Morgan fingerprint density at radius 3 is 2.92 bits per heavy atom. The van der Waals surface area contributed by atoms with E-state index in [1.54, 1.807) is 0 Å². The lowest BCUT2D eigenvalue weighted by Crippen LogP contribution is -3.17. The largest absolute Gasteiger partial charge is 0.411 e. The molecule has 3 heteroatoms. The predicted molar refractivity (Wildman–Crippen MR) is 52.0 cm³/mol. The van der Waals surface area contributed by atoms with Gasteiger partial charge in [0.15, 0.2) is 0 Å². The van der Waals surface area contributed by atoms with Gasteiger partial charge < -0.3 is 10.1 Å². The molecule has 0 radical (unpaired) electrons. The summed E-state index contributed by atoms with van der Waals surface area (Å²) in [5.41, 5.74) is 0.910. The number of quaternary nitrogens is 1. The minimum Gasteiger partial charge on any atom is -0.411 e. The van der Waals surface area contributed by atoms with Gasteiger partial charge in [-0.3, -0.25) is 0 Å². The summed E-state index contributed by atoms with van der Waals surface area (Å²) in [6.07, 6.45) is 6.14. The molecule has 0 aromatic heterocycles. The Morgan fingerprint density at radius 2 is 2.38 bits per heavy atom. The third kappa shape index (κ3) is 2.22. The van der Waals surface area contributed by atoms with Crippen LogP contribution in [0.5, 0.6) is 0 Å². The molecule has 1 unspecified atom stereocenters. The van der Waals surface area contributed by atoms with E-state index in [2.05, 4.69) is 24.9 Å². The summed E-state index contributed by atoms with van der Waals surface area (Å²) in [5, 5.41) is 12.1. The highest BCUT2D eigenvalue weighted by atomic mass is 16.4. The smallest absolute Gasteiger partial charge is 0.139 e. The second-order valence-corrected chi connectivity index (χ2v) is 3.84. The lowest BCUT2D eigenvalue weighted by atomic mass is 9.93. The molecule has 0 spiro atoms. The minimum absolute atomic E-state index is 0.351. The maximum absolute atomic E-state index is 8.73. The highest BCUT2D eigenvalue weighted by molar-refractivity contribution is 5.86. The Kier molecular flexibility index (Phi) is 3.32. The number of likely N-dealkylation sites (tertiary alicyclic amines) is 1. The Morgan fingerprint density at radius 1 is 1.69 bits per heavy atom. The summed E-state index contributed by atoms with van der Waals surface area (Å²) in [5.74, 6) is 3.03. The SMILES string of the molecule is C#CC[NH+]1C[C@@H](C)/C(=N\O)C[C@@H]1C. The van der Waals surface area contributed by atoms with Gasteiger partial charge in [-0.2, -0.15) is 0 Å². The van der Waals surface area contributed by atoms with E-state index in [1.165, 1.54) is 4.90 Å². The molecule has 0 aromatic carbocycles. The zero-order valence-corrected chi connectivity index (χ0v) is 8.25.